The zero-order valence-electron chi connectivity index (χ0n) is 20.7. The second-order valence-electron chi connectivity index (χ2n) is 9.73. The number of carbonyl (C=O) groups is 2. The van der Waals surface area contributed by atoms with Gasteiger partial charge in [-0.3, -0.25) is 9.59 Å². The predicted molar refractivity (Wildman–Crippen MR) is 135 cm³/mol. The molecule has 1 aliphatic carbocycles. The maximum atomic E-state index is 13.1. The van der Waals surface area contributed by atoms with Crippen molar-refractivity contribution in [2.45, 2.75) is 44.2 Å². The molecule has 0 bridgehead atoms. The molecule has 0 atom stereocenters. The van der Waals surface area contributed by atoms with Crippen LogP contribution in [0.3, 0.4) is 0 Å². The van der Waals surface area contributed by atoms with E-state index < -0.39 is 0 Å². The molecule has 3 fully saturated rings. The lowest BCUT2D eigenvalue weighted by atomic mass is 9.90. The van der Waals surface area contributed by atoms with Gasteiger partial charge in [-0.25, -0.2) is 0 Å². The second kappa shape index (κ2) is 10.6. The molecule has 1 saturated carbocycles. The maximum absolute atomic E-state index is 13.1. The van der Waals surface area contributed by atoms with E-state index in [-0.39, 0.29) is 24.5 Å². The molecule has 2 amide bonds. The summed E-state index contributed by atoms with van der Waals surface area (Å²) in [5.74, 6) is 0.740. The number of piperidine rings is 1. The molecule has 2 saturated heterocycles. The first-order valence-electron chi connectivity index (χ1n) is 12.7. The largest absolute Gasteiger partial charge is 0.496 e. The Kier molecular flexibility index (Phi) is 7.10. The molecule has 0 unspecified atom stereocenters. The number of benzene rings is 2. The molecule has 0 N–H and O–H groups in total. The molecule has 8 heteroatoms. The number of ether oxygens (including phenoxy) is 2. The lowest BCUT2D eigenvalue weighted by Crippen LogP contribution is -2.52. The predicted octanol–water partition coefficient (Wildman–Crippen LogP) is 3.45. The summed E-state index contributed by atoms with van der Waals surface area (Å²) in [5, 5.41) is 9.08. The zero-order valence-corrected chi connectivity index (χ0v) is 20.7. The van der Waals surface area contributed by atoms with Crippen LogP contribution in [0.1, 0.15) is 48.0 Å². The van der Waals surface area contributed by atoms with Gasteiger partial charge in [-0.05, 0) is 68.1 Å². The van der Waals surface area contributed by atoms with Crippen molar-refractivity contribution in [1.29, 1.82) is 5.26 Å². The number of carbonyl (C=O) groups excluding carboxylic acids is 2. The normalized spacial score (nSPS) is 19.5. The van der Waals surface area contributed by atoms with Crippen molar-refractivity contribution in [1.82, 2.24) is 9.80 Å². The fourth-order valence-corrected chi connectivity index (χ4v) is 5.24. The van der Waals surface area contributed by atoms with Crippen LogP contribution in [0.2, 0.25) is 0 Å². The Labute approximate surface area is 212 Å². The number of piperazine rings is 1. The van der Waals surface area contributed by atoms with Gasteiger partial charge in [0.05, 0.1) is 24.3 Å². The van der Waals surface area contributed by atoms with E-state index in [0.29, 0.717) is 30.0 Å². The van der Waals surface area contributed by atoms with E-state index in [1.165, 1.54) is 37.3 Å². The molecule has 0 radical (unpaired) electrons. The molecule has 5 rings (SSSR count). The number of hydrogen-bond acceptors (Lipinski definition) is 6. The van der Waals surface area contributed by atoms with Crippen molar-refractivity contribution in [3.05, 3.63) is 53.6 Å². The molecule has 188 valence electrons. The number of likely N-dealkylation sites (tertiary alicyclic amines) is 1. The highest BCUT2D eigenvalue weighted by molar-refractivity contribution is 6.03. The van der Waals surface area contributed by atoms with E-state index in [9.17, 15) is 9.59 Å². The highest BCUT2D eigenvalue weighted by Crippen LogP contribution is 2.29. The molecule has 2 aromatic rings. The molecule has 0 spiro atoms. The number of hydrogen-bond donors (Lipinski definition) is 0. The molecule has 0 aromatic heterocycles. The van der Waals surface area contributed by atoms with Gasteiger partial charge in [-0.15, -0.1) is 0 Å². The first kappa shape index (κ1) is 24.1. The van der Waals surface area contributed by atoms with Crippen LogP contribution in [0.5, 0.6) is 11.5 Å². The average Bonchev–Trinajstić information content (AvgIpc) is 2.88. The lowest BCUT2D eigenvalue weighted by Gasteiger charge is -2.41. The third kappa shape index (κ3) is 5.02. The standard InChI is InChI=1S/C28H32N4O4/c1-35-26-17-20(18-29)5-10-25(26)28(34)31-15-16-32(27(33)19-31)22-6-8-23(9-7-22)36-24-11-13-30(14-12-24)21-3-2-4-21/h5-10,17,21,24H,2-4,11-16,19H2,1H3. The molecular weight excluding hydrogens is 456 g/mol. The van der Waals surface area contributed by atoms with Crippen molar-refractivity contribution in [3.8, 4) is 17.6 Å². The summed E-state index contributed by atoms with van der Waals surface area (Å²) < 4.78 is 11.5. The van der Waals surface area contributed by atoms with Crippen LogP contribution < -0.4 is 14.4 Å². The number of methoxy groups -OCH3 is 1. The molecule has 8 nitrogen and oxygen atoms in total. The number of nitrogens with zero attached hydrogens (tertiary/aromatic N) is 4. The van der Waals surface area contributed by atoms with Gasteiger partial charge in [0.25, 0.3) is 5.91 Å². The first-order valence-corrected chi connectivity index (χ1v) is 12.7. The van der Waals surface area contributed by atoms with Gasteiger partial charge in [-0.2, -0.15) is 5.26 Å². The van der Waals surface area contributed by atoms with E-state index in [1.807, 2.05) is 30.3 Å². The summed E-state index contributed by atoms with van der Waals surface area (Å²) in [5.41, 5.74) is 1.56. The lowest BCUT2D eigenvalue weighted by molar-refractivity contribution is -0.120. The van der Waals surface area contributed by atoms with Gasteiger partial charge in [-0.1, -0.05) is 6.42 Å². The fourth-order valence-electron chi connectivity index (χ4n) is 5.24. The van der Waals surface area contributed by atoms with Crippen LogP contribution in [-0.2, 0) is 4.79 Å². The van der Waals surface area contributed by atoms with E-state index in [0.717, 1.165) is 43.4 Å². The Balaban J connectivity index is 1.16. The number of amides is 2. The average molecular weight is 489 g/mol. The van der Waals surface area contributed by atoms with Crippen molar-refractivity contribution in [2.24, 2.45) is 0 Å². The van der Waals surface area contributed by atoms with E-state index in [1.54, 1.807) is 17.0 Å². The highest BCUT2D eigenvalue weighted by Gasteiger charge is 2.31. The molecule has 2 heterocycles. The van der Waals surface area contributed by atoms with Crippen LogP contribution in [0, 0.1) is 11.3 Å². The van der Waals surface area contributed by atoms with Gasteiger partial charge >= 0.3 is 0 Å². The highest BCUT2D eigenvalue weighted by atomic mass is 16.5. The fraction of sp³-hybridized carbons (Fsp3) is 0.464. The Morgan fingerprint density at radius 1 is 1.00 bits per heavy atom. The maximum Gasteiger partial charge on any atom is 0.258 e. The third-order valence-electron chi connectivity index (χ3n) is 7.59. The van der Waals surface area contributed by atoms with Crippen molar-refractivity contribution < 1.29 is 19.1 Å². The molecule has 2 aliphatic heterocycles. The monoisotopic (exact) mass is 488 g/mol. The van der Waals surface area contributed by atoms with Crippen LogP contribution in [0.15, 0.2) is 42.5 Å². The minimum Gasteiger partial charge on any atom is -0.496 e. The minimum absolute atomic E-state index is 0.0141. The summed E-state index contributed by atoms with van der Waals surface area (Å²) in [6.07, 6.45) is 6.40. The van der Waals surface area contributed by atoms with E-state index in [2.05, 4.69) is 4.90 Å². The topological polar surface area (TPSA) is 86.1 Å². The van der Waals surface area contributed by atoms with Crippen LogP contribution in [-0.4, -0.2) is 73.6 Å². The summed E-state index contributed by atoms with van der Waals surface area (Å²) in [7, 11) is 1.46. The Morgan fingerprint density at radius 3 is 2.36 bits per heavy atom. The zero-order chi connectivity index (χ0) is 25.1. The minimum atomic E-state index is -0.281. The number of anilines is 1. The Bertz CT molecular complexity index is 1150. The summed E-state index contributed by atoms with van der Waals surface area (Å²) in [6, 6.07) is 15.2. The Morgan fingerprint density at radius 2 is 1.75 bits per heavy atom. The summed E-state index contributed by atoms with van der Waals surface area (Å²) >= 11 is 0. The van der Waals surface area contributed by atoms with Crippen molar-refractivity contribution in [3.63, 3.8) is 0 Å². The number of nitriles is 1. The van der Waals surface area contributed by atoms with Crippen LogP contribution in [0.25, 0.3) is 0 Å². The smallest absolute Gasteiger partial charge is 0.258 e. The van der Waals surface area contributed by atoms with Crippen molar-refractivity contribution >= 4 is 17.5 Å². The Hall–Kier alpha value is -3.57. The SMILES string of the molecule is COc1cc(C#N)ccc1C(=O)N1CCN(c2ccc(OC3CCN(C4CCC4)CC3)cc2)C(=O)C1. The molecule has 2 aromatic carbocycles. The molecule has 3 aliphatic rings. The summed E-state index contributed by atoms with van der Waals surface area (Å²) in [4.78, 5) is 31.8. The number of rotatable bonds is 6. The van der Waals surface area contributed by atoms with Gasteiger partial charge < -0.3 is 24.2 Å². The summed E-state index contributed by atoms with van der Waals surface area (Å²) in [6.45, 7) is 3.02. The molecular formula is C28H32N4O4. The van der Waals surface area contributed by atoms with Gasteiger partial charge in [0.2, 0.25) is 5.91 Å². The van der Waals surface area contributed by atoms with Gasteiger partial charge in [0.15, 0.2) is 0 Å². The van der Waals surface area contributed by atoms with Crippen LogP contribution in [0.4, 0.5) is 5.69 Å². The molecule has 36 heavy (non-hydrogen) atoms. The first-order chi connectivity index (χ1) is 17.6. The van der Waals surface area contributed by atoms with E-state index >= 15 is 0 Å². The van der Waals surface area contributed by atoms with Crippen molar-refractivity contribution in [2.75, 3.05) is 44.7 Å². The van der Waals surface area contributed by atoms with Crippen LogP contribution >= 0.6 is 0 Å². The second-order valence-corrected chi connectivity index (χ2v) is 9.73. The van der Waals surface area contributed by atoms with Gasteiger partial charge in [0.1, 0.15) is 24.1 Å². The quantitative estimate of drug-likeness (QED) is 0.619. The van der Waals surface area contributed by atoms with Gasteiger partial charge in [0, 0.05) is 37.9 Å². The third-order valence-corrected chi connectivity index (χ3v) is 7.59. The van der Waals surface area contributed by atoms with E-state index in [4.69, 9.17) is 14.7 Å².